The first-order valence-corrected chi connectivity index (χ1v) is 5.92. The Morgan fingerprint density at radius 1 is 1.38 bits per heavy atom. The van der Waals surface area contributed by atoms with Gasteiger partial charge in [0.25, 0.3) is 0 Å². The van der Waals surface area contributed by atoms with E-state index in [-0.39, 0.29) is 0 Å². The second-order valence-electron chi connectivity index (χ2n) is 4.70. The molecule has 3 heteroatoms. The molecule has 0 bridgehead atoms. The highest BCUT2D eigenvalue weighted by Crippen LogP contribution is 2.25. The summed E-state index contributed by atoms with van der Waals surface area (Å²) in [6.07, 6.45) is 3.08. The molecule has 0 unspecified atom stereocenters. The average Bonchev–Trinajstić information content (AvgIpc) is 2.67. The fraction of sp³-hybridized carbons (Fsp3) is 0.462. The van der Waals surface area contributed by atoms with E-state index in [0.717, 1.165) is 25.0 Å². The molecule has 1 aromatic heterocycles. The third-order valence-electron chi connectivity index (χ3n) is 3.49. The standard InChI is InChI=1S/C13H17N3/c1-3-10-4-5-12-13(6-10)16(9-14-12)11-7-15(2)8-11/h4-6,9,11H,3,7-8H2,1-2H3. The van der Waals surface area contributed by atoms with Gasteiger partial charge >= 0.3 is 0 Å². The summed E-state index contributed by atoms with van der Waals surface area (Å²) in [5, 5.41) is 0. The molecule has 0 atom stereocenters. The summed E-state index contributed by atoms with van der Waals surface area (Å²) in [4.78, 5) is 6.80. The molecule has 0 spiro atoms. The first kappa shape index (κ1) is 9.85. The summed E-state index contributed by atoms with van der Waals surface area (Å²) in [7, 11) is 2.16. The van der Waals surface area contributed by atoms with Gasteiger partial charge in [-0.2, -0.15) is 0 Å². The molecule has 0 aliphatic carbocycles. The van der Waals surface area contributed by atoms with E-state index in [1.807, 2.05) is 6.33 Å². The topological polar surface area (TPSA) is 21.1 Å². The minimum atomic E-state index is 0.613. The molecular weight excluding hydrogens is 198 g/mol. The summed E-state index contributed by atoms with van der Waals surface area (Å²) in [5.41, 5.74) is 3.80. The van der Waals surface area contributed by atoms with Crippen LogP contribution in [0.1, 0.15) is 18.5 Å². The number of imidazole rings is 1. The Labute approximate surface area is 95.7 Å². The molecule has 0 saturated carbocycles. The van der Waals surface area contributed by atoms with Crippen molar-refractivity contribution < 1.29 is 0 Å². The summed E-state index contributed by atoms with van der Waals surface area (Å²) in [5.74, 6) is 0. The van der Waals surface area contributed by atoms with E-state index in [1.165, 1.54) is 11.1 Å². The van der Waals surface area contributed by atoms with Crippen LogP contribution >= 0.6 is 0 Å². The first-order chi connectivity index (χ1) is 7.78. The zero-order chi connectivity index (χ0) is 11.1. The number of fused-ring (bicyclic) bond motifs is 1. The van der Waals surface area contributed by atoms with Crippen LogP contribution in [0.2, 0.25) is 0 Å². The van der Waals surface area contributed by atoms with Gasteiger partial charge in [-0.1, -0.05) is 13.0 Å². The maximum atomic E-state index is 4.47. The maximum Gasteiger partial charge on any atom is 0.0961 e. The van der Waals surface area contributed by atoms with E-state index in [9.17, 15) is 0 Å². The van der Waals surface area contributed by atoms with Gasteiger partial charge in [0.15, 0.2) is 0 Å². The quantitative estimate of drug-likeness (QED) is 0.765. The Bertz CT molecular complexity index is 509. The highest BCUT2D eigenvalue weighted by molar-refractivity contribution is 5.76. The molecule has 2 aromatic rings. The zero-order valence-electron chi connectivity index (χ0n) is 9.85. The Balaban J connectivity index is 2.04. The number of aromatic nitrogens is 2. The molecule has 84 valence electrons. The van der Waals surface area contributed by atoms with Crippen LogP contribution in [0, 0.1) is 0 Å². The number of hydrogen-bond acceptors (Lipinski definition) is 2. The predicted molar refractivity (Wildman–Crippen MR) is 65.6 cm³/mol. The van der Waals surface area contributed by atoms with Gasteiger partial charge < -0.3 is 9.47 Å². The van der Waals surface area contributed by atoms with Crippen molar-refractivity contribution in [3.63, 3.8) is 0 Å². The van der Waals surface area contributed by atoms with Gasteiger partial charge in [-0.15, -0.1) is 0 Å². The molecule has 16 heavy (non-hydrogen) atoms. The number of likely N-dealkylation sites (N-methyl/N-ethyl adjacent to an activating group) is 1. The molecule has 1 aromatic carbocycles. The lowest BCUT2D eigenvalue weighted by Gasteiger charge is -2.37. The van der Waals surface area contributed by atoms with E-state index in [1.54, 1.807) is 0 Å². The van der Waals surface area contributed by atoms with E-state index in [2.05, 4.69) is 46.6 Å². The smallest absolute Gasteiger partial charge is 0.0961 e. The van der Waals surface area contributed by atoms with Crippen LogP contribution in [0.15, 0.2) is 24.5 Å². The molecule has 1 aliphatic heterocycles. The van der Waals surface area contributed by atoms with Gasteiger partial charge in [-0.25, -0.2) is 4.98 Å². The summed E-state index contributed by atoms with van der Waals surface area (Å²) >= 11 is 0. The number of hydrogen-bond donors (Lipinski definition) is 0. The predicted octanol–water partition coefficient (Wildman–Crippen LogP) is 2.09. The molecule has 3 nitrogen and oxygen atoms in total. The first-order valence-electron chi connectivity index (χ1n) is 5.92. The number of nitrogens with zero attached hydrogens (tertiary/aromatic N) is 3. The van der Waals surface area contributed by atoms with Crippen LogP contribution in [0.25, 0.3) is 11.0 Å². The Hall–Kier alpha value is -1.35. The molecule has 0 radical (unpaired) electrons. The van der Waals surface area contributed by atoms with Crippen LogP contribution in [-0.4, -0.2) is 34.6 Å². The van der Waals surface area contributed by atoms with Crippen LogP contribution < -0.4 is 0 Å². The van der Waals surface area contributed by atoms with Crippen molar-refractivity contribution in [3.8, 4) is 0 Å². The Kier molecular flexibility index (Phi) is 2.21. The fourth-order valence-corrected chi connectivity index (χ4v) is 2.42. The van der Waals surface area contributed by atoms with E-state index in [0.29, 0.717) is 6.04 Å². The van der Waals surface area contributed by atoms with Gasteiger partial charge in [0.05, 0.1) is 23.4 Å². The highest BCUT2D eigenvalue weighted by Gasteiger charge is 2.25. The van der Waals surface area contributed by atoms with Gasteiger partial charge in [-0.05, 0) is 31.2 Å². The maximum absolute atomic E-state index is 4.47. The van der Waals surface area contributed by atoms with Gasteiger partial charge in [0, 0.05) is 13.1 Å². The summed E-state index contributed by atoms with van der Waals surface area (Å²) in [6, 6.07) is 7.20. The van der Waals surface area contributed by atoms with Gasteiger partial charge in [0.1, 0.15) is 0 Å². The van der Waals surface area contributed by atoms with Crippen molar-refractivity contribution in [1.82, 2.24) is 14.5 Å². The van der Waals surface area contributed by atoms with Crippen molar-refractivity contribution in [2.75, 3.05) is 20.1 Å². The Morgan fingerprint density at radius 2 is 2.19 bits per heavy atom. The summed E-state index contributed by atoms with van der Waals surface area (Å²) in [6.45, 7) is 4.47. The van der Waals surface area contributed by atoms with Gasteiger partial charge in [-0.3, -0.25) is 0 Å². The van der Waals surface area contributed by atoms with Crippen molar-refractivity contribution in [2.24, 2.45) is 0 Å². The molecule has 2 heterocycles. The average molecular weight is 215 g/mol. The largest absolute Gasteiger partial charge is 0.325 e. The lowest BCUT2D eigenvalue weighted by molar-refractivity contribution is 0.143. The van der Waals surface area contributed by atoms with Gasteiger partial charge in [0.2, 0.25) is 0 Å². The minimum Gasteiger partial charge on any atom is -0.325 e. The monoisotopic (exact) mass is 215 g/mol. The number of likely N-dealkylation sites (tertiary alicyclic amines) is 1. The van der Waals surface area contributed by atoms with Crippen LogP contribution in [0.4, 0.5) is 0 Å². The van der Waals surface area contributed by atoms with E-state index in [4.69, 9.17) is 0 Å². The molecule has 0 N–H and O–H groups in total. The normalized spacial score (nSPS) is 17.9. The lowest BCUT2D eigenvalue weighted by Crippen LogP contribution is -2.44. The van der Waals surface area contributed by atoms with Crippen LogP contribution in [0.3, 0.4) is 0 Å². The highest BCUT2D eigenvalue weighted by atomic mass is 15.3. The second kappa shape index (κ2) is 3.59. The van der Waals surface area contributed by atoms with Crippen molar-refractivity contribution in [2.45, 2.75) is 19.4 Å². The molecule has 3 rings (SSSR count). The number of benzene rings is 1. The second-order valence-corrected chi connectivity index (χ2v) is 4.70. The molecule has 0 amide bonds. The minimum absolute atomic E-state index is 0.613. The van der Waals surface area contributed by atoms with Crippen molar-refractivity contribution in [3.05, 3.63) is 30.1 Å². The lowest BCUT2D eigenvalue weighted by atomic mass is 10.1. The number of aryl methyl sites for hydroxylation is 1. The zero-order valence-corrected chi connectivity index (χ0v) is 9.85. The molecular formula is C13H17N3. The number of rotatable bonds is 2. The van der Waals surface area contributed by atoms with Crippen molar-refractivity contribution >= 4 is 11.0 Å². The summed E-state index contributed by atoms with van der Waals surface area (Å²) < 4.78 is 2.33. The third-order valence-corrected chi connectivity index (χ3v) is 3.49. The van der Waals surface area contributed by atoms with Crippen LogP contribution in [0.5, 0.6) is 0 Å². The molecule has 1 saturated heterocycles. The molecule has 1 fully saturated rings. The fourth-order valence-electron chi connectivity index (χ4n) is 2.42. The van der Waals surface area contributed by atoms with Crippen molar-refractivity contribution in [1.29, 1.82) is 0 Å². The van der Waals surface area contributed by atoms with E-state index < -0.39 is 0 Å². The molecule has 1 aliphatic rings. The third kappa shape index (κ3) is 1.43. The van der Waals surface area contributed by atoms with Crippen LogP contribution in [-0.2, 0) is 6.42 Å². The van der Waals surface area contributed by atoms with E-state index >= 15 is 0 Å². The SMILES string of the molecule is CCc1ccc2ncn(C3CN(C)C3)c2c1. The Morgan fingerprint density at radius 3 is 2.88 bits per heavy atom.